The molecule has 0 aliphatic carbocycles. The summed E-state index contributed by atoms with van der Waals surface area (Å²) in [7, 11) is 3.05. The highest BCUT2D eigenvalue weighted by Gasteiger charge is 2.19. The van der Waals surface area contributed by atoms with E-state index >= 15 is 0 Å². The first kappa shape index (κ1) is 17.9. The summed E-state index contributed by atoms with van der Waals surface area (Å²) in [6.45, 7) is 2.31. The number of aryl methyl sites for hydroxylation is 1. The fourth-order valence-electron chi connectivity index (χ4n) is 2.53. The normalized spacial score (nSPS) is 10.4. The summed E-state index contributed by atoms with van der Waals surface area (Å²) in [5, 5.41) is 3.81. The van der Waals surface area contributed by atoms with Crippen LogP contribution in [0.25, 0.3) is 10.6 Å². The van der Waals surface area contributed by atoms with Crippen molar-refractivity contribution in [1.29, 1.82) is 0 Å². The van der Waals surface area contributed by atoms with Crippen molar-refractivity contribution in [2.75, 3.05) is 14.2 Å². The lowest BCUT2D eigenvalue weighted by Gasteiger charge is -2.12. The van der Waals surface area contributed by atoms with Crippen LogP contribution in [-0.2, 0) is 6.54 Å². The van der Waals surface area contributed by atoms with Gasteiger partial charge >= 0.3 is 0 Å². The molecule has 0 saturated carbocycles. The van der Waals surface area contributed by atoms with Crippen LogP contribution in [0, 0.1) is 6.92 Å². The van der Waals surface area contributed by atoms with E-state index in [2.05, 4.69) is 15.3 Å². The van der Waals surface area contributed by atoms with Crippen LogP contribution in [0.5, 0.6) is 11.5 Å². The van der Waals surface area contributed by atoms with Crippen molar-refractivity contribution in [3.05, 3.63) is 58.9 Å². The summed E-state index contributed by atoms with van der Waals surface area (Å²) >= 11 is 1.54. The first-order valence-corrected chi connectivity index (χ1v) is 8.81. The number of ether oxygens (including phenoxy) is 2. The molecule has 2 aromatic heterocycles. The Bertz CT molecular complexity index is 887. The Morgan fingerprint density at radius 2 is 1.88 bits per heavy atom. The maximum Gasteiger partial charge on any atom is 0.259 e. The third-order valence-corrected chi connectivity index (χ3v) is 5.07. The van der Waals surface area contributed by atoms with Crippen molar-refractivity contribution in [3.8, 4) is 22.1 Å². The average Bonchev–Trinajstić information content (AvgIpc) is 3.06. The van der Waals surface area contributed by atoms with Crippen LogP contribution in [0.4, 0.5) is 0 Å². The Balaban J connectivity index is 1.78. The van der Waals surface area contributed by atoms with Gasteiger partial charge < -0.3 is 14.8 Å². The molecule has 7 heteroatoms. The van der Waals surface area contributed by atoms with Crippen molar-refractivity contribution in [2.24, 2.45) is 0 Å². The third kappa shape index (κ3) is 3.67. The van der Waals surface area contributed by atoms with Gasteiger partial charge in [0.05, 0.1) is 26.5 Å². The maximum atomic E-state index is 12.7. The van der Waals surface area contributed by atoms with Crippen molar-refractivity contribution < 1.29 is 14.3 Å². The van der Waals surface area contributed by atoms with Gasteiger partial charge in [-0.15, -0.1) is 11.3 Å². The fourth-order valence-corrected chi connectivity index (χ4v) is 3.52. The molecule has 0 spiro atoms. The first-order chi connectivity index (χ1) is 12.6. The highest BCUT2D eigenvalue weighted by Crippen LogP contribution is 2.29. The maximum absolute atomic E-state index is 12.7. The van der Waals surface area contributed by atoms with Crippen LogP contribution < -0.4 is 14.8 Å². The molecule has 0 aliphatic rings. The Kier molecular flexibility index (Phi) is 5.48. The zero-order valence-corrected chi connectivity index (χ0v) is 15.6. The number of hydrogen-bond donors (Lipinski definition) is 1. The van der Waals surface area contributed by atoms with Gasteiger partial charge in [0, 0.05) is 22.8 Å². The van der Waals surface area contributed by atoms with E-state index in [0.717, 1.165) is 21.1 Å². The van der Waals surface area contributed by atoms with Gasteiger partial charge in [0.1, 0.15) is 22.1 Å². The van der Waals surface area contributed by atoms with Gasteiger partial charge in [0.2, 0.25) is 0 Å². The molecule has 3 aromatic rings. The molecule has 26 heavy (non-hydrogen) atoms. The second kappa shape index (κ2) is 7.97. The first-order valence-electron chi connectivity index (χ1n) is 8.00. The molecule has 0 unspecified atom stereocenters. The second-order valence-corrected chi connectivity index (χ2v) is 6.57. The molecule has 0 aliphatic heterocycles. The van der Waals surface area contributed by atoms with Crippen LogP contribution in [-0.4, -0.2) is 30.1 Å². The van der Waals surface area contributed by atoms with Crippen LogP contribution in [0.15, 0.2) is 42.7 Å². The van der Waals surface area contributed by atoms with E-state index in [1.165, 1.54) is 14.2 Å². The number of thiazole rings is 1. The number of nitrogens with zero attached hydrogens (tertiary/aromatic N) is 2. The molecular formula is C19H19N3O3S. The summed E-state index contributed by atoms with van der Waals surface area (Å²) in [6.07, 6.45) is 3.51. The van der Waals surface area contributed by atoms with Crippen LogP contribution in [0.1, 0.15) is 20.9 Å². The number of carbonyl (C=O) groups excluding carboxylic acids is 1. The lowest BCUT2D eigenvalue weighted by atomic mass is 10.1. The second-order valence-electron chi connectivity index (χ2n) is 5.49. The number of rotatable bonds is 6. The smallest absolute Gasteiger partial charge is 0.259 e. The molecule has 1 aromatic carbocycles. The molecule has 2 heterocycles. The number of nitrogens with one attached hydrogen (secondary N) is 1. The quantitative estimate of drug-likeness (QED) is 0.720. The Morgan fingerprint density at radius 3 is 2.50 bits per heavy atom. The molecule has 0 fully saturated rings. The van der Waals surface area contributed by atoms with Gasteiger partial charge in [-0.3, -0.25) is 9.78 Å². The minimum Gasteiger partial charge on any atom is -0.496 e. The summed E-state index contributed by atoms with van der Waals surface area (Å²) in [4.78, 5) is 22.4. The topological polar surface area (TPSA) is 73.3 Å². The lowest BCUT2D eigenvalue weighted by Crippen LogP contribution is -2.24. The highest BCUT2D eigenvalue weighted by molar-refractivity contribution is 7.15. The van der Waals surface area contributed by atoms with Crippen molar-refractivity contribution in [3.63, 3.8) is 0 Å². The molecule has 1 amide bonds. The fraction of sp³-hybridized carbons (Fsp3) is 0.211. The van der Waals surface area contributed by atoms with Gasteiger partial charge in [0.15, 0.2) is 0 Å². The summed E-state index contributed by atoms with van der Waals surface area (Å²) in [5.41, 5.74) is 2.23. The molecule has 0 bridgehead atoms. The van der Waals surface area contributed by atoms with Crippen molar-refractivity contribution in [2.45, 2.75) is 13.5 Å². The Labute approximate surface area is 155 Å². The number of aromatic nitrogens is 2. The molecule has 6 nitrogen and oxygen atoms in total. The standard InChI is InChI=1S/C19H19N3O3S/c1-12-16(26-19(22-12)13-6-5-9-20-10-13)11-21-18(23)17-14(24-2)7-4-8-15(17)25-3/h4-10H,11H2,1-3H3,(H,21,23). The molecule has 0 atom stereocenters. The minimum atomic E-state index is -0.255. The Hall–Kier alpha value is -2.93. The van der Waals surface area contributed by atoms with Gasteiger partial charge in [-0.2, -0.15) is 0 Å². The minimum absolute atomic E-state index is 0.255. The zero-order valence-electron chi connectivity index (χ0n) is 14.8. The summed E-state index contributed by atoms with van der Waals surface area (Å²) in [5.74, 6) is 0.688. The predicted molar refractivity (Wildman–Crippen MR) is 101 cm³/mol. The number of methoxy groups -OCH3 is 2. The highest BCUT2D eigenvalue weighted by atomic mass is 32.1. The van der Waals surface area contributed by atoms with E-state index in [4.69, 9.17) is 9.47 Å². The average molecular weight is 369 g/mol. The van der Waals surface area contributed by atoms with Gasteiger partial charge in [-0.1, -0.05) is 6.07 Å². The lowest BCUT2D eigenvalue weighted by molar-refractivity contribution is 0.0945. The van der Waals surface area contributed by atoms with Gasteiger partial charge in [-0.05, 0) is 31.2 Å². The summed E-state index contributed by atoms with van der Waals surface area (Å²) in [6, 6.07) is 9.09. The number of amides is 1. The van der Waals surface area contributed by atoms with Crippen molar-refractivity contribution >= 4 is 17.2 Å². The number of benzene rings is 1. The van der Waals surface area contributed by atoms with E-state index in [-0.39, 0.29) is 5.91 Å². The number of carbonyl (C=O) groups is 1. The molecule has 1 N–H and O–H groups in total. The predicted octanol–water partition coefficient (Wildman–Crippen LogP) is 3.46. The Morgan fingerprint density at radius 1 is 1.15 bits per heavy atom. The summed E-state index contributed by atoms with van der Waals surface area (Å²) < 4.78 is 10.6. The van der Waals surface area contributed by atoms with Crippen LogP contribution in [0.3, 0.4) is 0 Å². The van der Waals surface area contributed by atoms with Gasteiger partial charge in [0.25, 0.3) is 5.91 Å². The van der Waals surface area contributed by atoms with Crippen LogP contribution >= 0.6 is 11.3 Å². The largest absolute Gasteiger partial charge is 0.496 e. The molecule has 0 saturated heterocycles. The monoisotopic (exact) mass is 369 g/mol. The van der Waals surface area contributed by atoms with Gasteiger partial charge in [-0.25, -0.2) is 4.98 Å². The molecular weight excluding hydrogens is 350 g/mol. The van der Waals surface area contributed by atoms with Crippen LogP contribution in [0.2, 0.25) is 0 Å². The molecule has 0 radical (unpaired) electrons. The number of pyridine rings is 1. The zero-order chi connectivity index (χ0) is 18.5. The van der Waals surface area contributed by atoms with E-state index < -0.39 is 0 Å². The van der Waals surface area contributed by atoms with E-state index in [1.807, 2.05) is 19.1 Å². The molecule has 3 rings (SSSR count). The SMILES string of the molecule is COc1cccc(OC)c1C(=O)NCc1sc(-c2cccnc2)nc1C. The van der Waals surface area contributed by atoms with E-state index in [9.17, 15) is 4.79 Å². The van der Waals surface area contributed by atoms with Crippen molar-refractivity contribution in [1.82, 2.24) is 15.3 Å². The number of hydrogen-bond acceptors (Lipinski definition) is 6. The van der Waals surface area contributed by atoms with E-state index in [1.54, 1.807) is 41.9 Å². The third-order valence-electron chi connectivity index (χ3n) is 3.87. The molecule has 134 valence electrons. The van der Waals surface area contributed by atoms with E-state index in [0.29, 0.717) is 23.6 Å².